The van der Waals surface area contributed by atoms with Gasteiger partial charge in [-0.05, 0) is 60.0 Å². The van der Waals surface area contributed by atoms with Crippen LogP contribution in [0.1, 0.15) is 16.8 Å². The smallest absolute Gasteiger partial charge is 0.286 e. The van der Waals surface area contributed by atoms with Crippen molar-refractivity contribution in [2.75, 3.05) is 14.2 Å². The first-order chi connectivity index (χ1) is 16.1. The summed E-state index contributed by atoms with van der Waals surface area (Å²) in [5, 5.41) is 0.200. The van der Waals surface area contributed by atoms with Crippen LogP contribution in [0, 0.1) is 11.8 Å². The van der Waals surface area contributed by atoms with Gasteiger partial charge in [0.15, 0.2) is 10.8 Å². The lowest BCUT2D eigenvalue weighted by atomic mass is 10.1. The third-order valence-corrected chi connectivity index (χ3v) is 5.35. The summed E-state index contributed by atoms with van der Waals surface area (Å²) >= 11 is 6.62. The predicted molar refractivity (Wildman–Crippen MR) is 130 cm³/mol. The summed E-state index contributed by atoms with van der Waals surface area (Å²) in [5.74, 6) is 7.33. The Hall–Kier alpha value is -4.01. The minimum absolute atomic E-state index is 0.0922. The summed E-state index contributed by atoms with van der Waals surface area (Å²) in [5.41, 5.74) is 2.75. The van der Waals surface area contributed by atoms with Crippen LogP contribution in [0.3, 0.4) is 0 Å². The number of aromatic nitrogens is 2. The van der Waals surface area contributed by atoms with Crippen LogP contribution in [0.25, 0.3) is 11.3 Å². The lowest BCUT2D eigenvalue weighted by Crippen LogP contribution is -2.26. The van der Waals surface area contributed by atoms with E-state index in [2.05, 4.69) is 16.8 Å². The standard InChI is InChI=1S/C27H21ClN2O3/c1-32-22-13-8-20(9-14-22)18-30-25(21-11-15-23(33-2)16-12-21)26(28)29-24(27(30)31)17-10-19-6-4-3-5-7-19/h3-9,11-16H,18H2,1-2H3. The monoisotopic (exact) mass is 456 g/mol. The molecule has 0 N–H and O–H groups in total. The molecule has 0 aliphatic carbocycles. The van der Waals surface area contributed by atoms with Crippen LogP contribution >= 0.6 is 11.6 Å². The first kappa shape index (κ1) is 22.2. The van der Waals surface area contributed by atoms with E-state index in [1.54, 1.807) is 18.8 Å². The van der Waals surface area contributed by atoms with Gasteiger partial charge in [-0.25, -0.2) is 4.98 Å². The summed E-state index contributed by atoms with van der Waals surface area (Å²) in [4.78, 5) is 17.8. The Morgan fingerprint density at radius 3 is 2.06 bits per heavy atom. The van der Waals surface area contributed by atoms with E-state index in [4.69, 9.17) is 21.1 Å². The molecule has 0 fully saturated rings. The molecular weight excluding hydrogens is 436 g/mol. The second-order valence-electron chi connectivity index (χ2n) is 7.18. The zero-order valence-corrected chi connectivity index (χ0v) is 19.0. The SMILES string of the molecule is COc1ccc(Cn2c(-c3ccc(OC)cc3)c(Cl)nc(C#Cc3ccccc3)c2=O)cc1. The van der Waals surface area contributed by atoms with Crippen molar-refractivity contribution in [2.45, 2.75) is 6.54 Å². The lowest BCUT2D eigenvalue weighted by molar-refractivity contribution is 0.414. The molecule has 1 heterocycles. The Balaban J connectivity index is 1.85. The van der Waals surface area contributed by atoms with E-state index in [0.29, 0.717) is 18.0 Å². The average molecular weight is 457 g/mol. The first-order valence-electron chi connectivity index (χ1n) is 10.2. The van der Waals surface area contributed by atoms with Crippen LogP contribution < -0.4 is 15.0 Å². The number of hydrogen-bond donors (Lipinski definition) is 0. The van der Waals surface area contributed by atoms with E-state index in [9.17, 15) is 4.79 Å². The molecule has 0 atom stereocenters. The van der Waals surface area contributed by atoms with Crippen LogP contribution in [-0.4, -0.2) is 23.8 Å². The molecular formula is C27H21ClN2O3. The van der Waals surface area contributed by atoms with Crippen LogP contribution in [0.4, 0.5) is 0 Å². The highest BCUT2D eigenvalue weighted by Gasteiger charge is 2.17. The van der Waals surface area contributed by atoms with E-state index in [1.165, 1.54) is 0 Å². The fourth-order valence-corrected chi connectivity index (χ4v) is 3.66. The molecule has 1 aromatic heterocycles. The van der Waals surface area contributed by atoms with Crippen molar-refractivity contribution in [3.05, 3.63) is 111 Å². The molecule has 0 radical (unpaired) electrons. The number of ether oxygens (including phenoxy) is 2. The van der Waals surface area contributed by atoms with Crippen molar-refractivity contribution in [3.63, 3.8) is 0 Å². The number of nitrogens with zero attached hydrogens (tertiary/aromatic N) is 2. The number of methoxy groups -OCH3 is 2. The Kier molecular flexibility index (Phi) is 6.77. The van der Waals surface area contributed by atoms with Gasteiger partial charge in [0.25, 0.3) is 5.56 Å². The van der Waals surface area contributed by atoms with Gasteiger partial charge in [0.1, 0.15) is 11.5 Å². The number of halogens is 1. The molecule has 5 nitrogen and oxygen atoms in total. The van der Waals surface area contributed by atoms with Gasteiger partial charge in [0.05, 0.1) is 26.5 Å². The maximum Gasteiger partial charge on any atom is 0.286 e. The highest BCUT2D eigenvalue weighted by Crippen LogP contribution is 2.28. The third kappa shape index (κ3) is 5.08. The summed E-state index contributed by atoms with van der Waals surface area (Å²) in [6.07, 6.45) is 0. The Morgan fingerprint density at radius 2 is 1.45 bits per heavy atom. The second kappa shape index (κ2) is 10.1. The van der Waals surface area contributed by atoms with Crippen molar-refractivity contribution >= 4 is 11.6 Å². The Morgan fingerprint density at radius 1 is 0.848 bits per heavy atom. The van der Waals surface area contributed by atoms with E-state index < -0.39 is 0 Å². The molecule has 0 bridgehead atoms. The molecule has 4 aromatic rings. The normalized spacial score (nSPS) is 10.3. The van der Waals surface area contributed by atoms with Crippen molar-refractivity contribution in [1.82, 2.24) is 9.55 Å². The maximum atomic E-state index is 13.5. The molecule has 0 unspecified atom stereocenters. The van der Waals surface area contributed by atoms with Gasteiger partial charge >= 0.3 is 0 Å². The molecule has 4 rings (SSSR count). The summed E-state index contributed by atoms with van der Waals surface area (Å²) in [6.45, 7) is 0.298. The predicted octanol–water partition coefficient (Wildman–Crippen LogP) is 5.03. The van der Waals surface area contributed by atoms with Gasteiger partial charge in [-0.15, -0.1) is 0 Å². The molecule has 0 saturated heterocycles. The quantitative estimate of drug-likeness (QED) is 0.395. The topological polar surface area (TPSA) is 53.4 Å². The molecule has 3 aromatic carbocycles. The highest BCUT2D eigenvalue weighted by molar-refractivity contribution is 6.31. The van der Waals surface area contributed by atoms with Gasteiger partial charge in [0.2, 0.25) is 0 Å². The number of benzene rings is 3. The minimum atomic E-state index is -0.315. The van der Waals surface area contributed by atoms with E-state index in [-0.39, 0.29) is 16.4 Å². The molecule has 164 valence electrons. The first-order valence-corrected chi connectivity index (χ1v) is 10.6. The van der Waals surface area contributed by atoms with E-state index >= 15 is 0 Å². The van der Waals surface area contributed by atoms with Gasteiger partial charge in [0, 0.05) is 11.1 Å². The van der Waals surface area contributed by atoms with Crippen molar-refractivity contribution in [2.24, 2.45) is 0 Å². The zero-order valence-electron chi connectivity index (χ0n) is 18.2. The highest BCUT2D eigenvalue weighted by atomic mass is 35.5. The lowest BCUT2D eigenvalue weighted by Gasteiger charge is -2.15. The van der Waals surface area contributed by atoms with E-state index in [0.717, 1.165) is 22.4 Å². The van der Waals surface area contributed by atoms with Crippen LogP contribution in [0.15, 0.2) is 83.7 Å². The van der Waals surface area contributed by atoms with Crippen LogP contribution in [0.2, 0.25) is 5.15 Å². The molecule has 0 saturated carbocycles. The zero-order chi connectivity index (χ0) is 23.2. The summed E-state index contributed by atoms with van der Waals surface area (Å²) in [6, 6.07) is 24.3. The minimum Gasteiger partial charge on any atom is -0.497 e. The molecule has 0 aliphatic heterocycles. The van der Waals surface area contributed by atoms with Crippen molar-refractivity contribution in [3.8, 4) is 34.6 Å². The van der Waals surface area contributed by atoms with Crippen LogP contribution in [0.5, 0.6) is 11.5 Å². The number of rotatable bonds is 5. The molecule has 6 heteroatoms. The fraction of sp³-hybridized carbons (Fsp3) is 0.111. The largest absolute Gasteiger partial charge is 0.497 e. The number of hydrogen-bond acceptors (Lipinski definition) is 4. The van der Waals surface area contributed by atoms with Crippen molar-refractivity contribution < 1.29 is 9.47 Å². The van der Waals surface area contributed by atoms with Gasteiger partial charge in [-0.3, -0.25) is 9.36 Å². The molecule has 33 heavy (non-hydrogen) atoms. The Bertz CT molecular complexity index is 1370. The summed E-state index contributed by atoms with van der Waals surface area (Å²) < 4.78 is 12.1. The molecule has 0 aliphatic rings. The fourth-order valence-electron chi connectivity index (χ4n) is 3.36. The Labute approximate surface area is 197 Å². The van der Waals surface area contributed by atoms with Crippen molar-refractivity contribution in [1.29, 1.82) is 0 Å². The van der Waals surface area contributed by atoms with E-state index in [1.807, 2.05) is 78.9 Å². The second-order valence-corrected chi connectivity index (χ2v) is 7.54. The van der Waals surface area contributed by atoms with Gasteiger partial charge in [-0.2, -0.15) is 0 Å². The third-order valence-electron chi connectivity index (χ3n) is 5.09. The summed E-state index contributed by atoms with van der Waals surface area (Å²) in [7, 11) is 3.21. The molecule has 0 spiro atoms. The average Bonchev–Trinajstić information content (AvgIpc) is 2.86. The van der Waals surface area contributed by atoms with Gasteiger partial charge < -0.3 is 9.47 Å². The van der Waals surface area contributed by atoms with Crippen LogP contribution in [-0.2, 0) is 6.54 Å². The van der Waals surface area contributed by atoms with Gasteiger partial charge in [-0.1, -0.05) is 47.9 Å². The molecule has 0 amide bonds. The maximum absolute atomic E-state index is 13.5.